The summed E-state index contributed by atoms with van der Waals surface area (Å²) in [5, 5.41) is 6.15. The number of hydrogen-bond acceptors (Lipinski definition) is 2. The summed E-state index contributed by atoms with van der Waals surface area (Å²) in [7, 11) is 0. The molecular formula is C30H35F6N3O2. The van der Waals surface area contributed by atoms with Gasteiger partial charge in [-0.3, -0.25) is 9.59 Å². The van der Waals surface area contributed by atoms with Crippen molar-refractivity contribution in [2.24, 2.45) is 0 Å². The summed E-state index contributed by atoms with van der Waals surface area (Å²) in [4.78, 5) is 26.0. The van der Waals surface area contributed by atoms with Crippen LogP contribution < -0.4 is 10.6 Å². The van der Waals surface area contributed by atoms with Crippen molar-refractivity contribution in [1.82, 2.24) is 15.2 Å². The average molecular weight is 584 g/mol. The van der Waals surface area contributed by atoms with Gasteiger partial charge in [0.2, 0.25) is 11.8 Å². The smallest absolute Gasteiger partial charge is 0.351 e. The van der Waals surface area contributed by atoms with Crippen molar-refractivity contribution in [2.75, 3.05) is 0 Å². The van der Waals surface area contributed by atoms with Gasteiger partial charge in [-0.2, -0.15) is 26.3 Å². The number of amides is 2. The van der Waals surface area contributed by atoms with Gasteiger partial charge in [-0.1, -0.05) is 6.07 Å². The Balaban J connectivity index is 2.28. The Morgan fingerprint density at radius 3 is 1.66 bits per heavy atom. The van der Waals surface area contributed by atoms with Crippen LogP contribution in [-0.4, -0.2) is 27.5 Å². The topological polar surface area (TPSA) is 63.1 Å². The molecule has 0 aliphatic heterocycles. The molecule has 5 nitrogen and oxygen atoms in total. The number of alkyl halides is 6. The molecule has 0 spiro atoms. The van der Waals surface area contributed by atoms with Crippen LogP contribution in [0.25, 0.3) is 22.2 Å². The van der Waals surface area contributed by atoms with Crippen LogP contribution in [0.5, 0.6) is 0 Å². The summed E-state index contributed by atoms with van der Waals surface area (Å²) in [5.41, 5.74) is -4.44. The lowest BCUT2D eigenvalue weighted by atomic mass is 9.82. The number of fused-ring (bicyclic) bond motifs is 1. The number of nitrogens with one attached hydrogen (secondary N) is 2. The molecule has 2 N–H and O–H groups in total. The molecule has 224 valence electrons. The van der Waals surface area contributed by atoms with E-state index in [1.165, 1.54) is 10.6 Å². The Labute approximate surface area is 235 Å². The lowest BCUT2D eigenvalue weighted by Crippen LogP contribution is -2.48. The molecule has 41 heavy (non-hydrogen) atoms. The van der Waals surface area contributed by atoms with E-state index in [0.29, 0.717) is 28.6 Å². The minimum Gasteiger partial charge on any atom is -0.351 e. The van der Waals surface area contributed by atoms with Crippen LogP contribution in [0, 0.1) is 0 Å². The van der Waals surface area contributed by atoms with Crippen LogP contribution in [0.2, 0.25) is 0 Å². The second-order valence-electron chi connectivity index (χ2n) is 12.8. The molecule has 2 amide bonds. The van der Waals surface area contributed by atoms with Gasteiger partial charge in [0.15, 0.2) is 0 Å². The molecule has 0 saturated heterocycles. The fourth-order valence-corrected chi connectivity index (χ4v) is 4.40. The SMILES string of the molecule is CC(C)(C)NC(=O)Cn1c(-c2cc(C(F)(F)F)cc(C(F)(F)F)c2)cc2cc(C(C)(C)C(=O)NC(C)(C)C)ccc21. The minimum atomic E-state index is -5.03. The van der Waals surface area contributed by atoms with Crippen molar-refractivity contribution < 1.29 is 35.9 Å². The van der Waals surface area contributed by atoms with Crippen molar-refractivity contribution in [3.63, 3.8) is 0 Å². The molecule has 2 aromatic carbocycles. The lowest BCUT2D eigenvalue weighted by Gasteiger charge is -2.30. The number of carbonyl (C=O) groups excluding carboxylic acids is 2. The lowest BCUT2D eigenvalue weighted by molar-refractivity contribution is -0.143. The number of nitrogens with zero attached hydrogens (tertiary/aromatic N) is 1. The third-order valence-corrected chi connectivity index (χ3v) is 6.38. The number of benzene rings is 2. The first-order valence-electron chi connectivity index (χ1n) is 13.0. The van der Waals surface area contributed by atoms with Crippen molar-refractivity contribution in [1.29, 1.82) is 0 Å². The van der Waals surface area contributed by atoms with Crippen molar-refractivity contribution in [3.8, 4) is 11.3 Å². The molecule has 0 unspecified atom stereocenters. The first kappa shape index (κ1) is 32.0. The van der Waals surface area contributed by atoms with E-state index in [4.69, 9.17) is 0 Å². The zero-order valence-corrected chi connectivity index (χ0v) is 24.3. The summed E-state index contributed by atoms with van der Waals surface area (Å²) < 4.78 is 83.3. The molecule has 3 rings (SSSR count). The van der Waals surface area contributed by atoms with E-state index in [1.807, 2.05) is 20.8 Å². The molecule has 3 aromatic rings. The highest BCUT2D eigenvalue weighted by atomic mass is 19.4. The fourth-order valence-electron chi connectivity index (χ4n) is 4.40. The maximum absolute atomic E-state index is 13.7. The highest BCUT2D eigenvalue weighted by Gasteiger charge is 2.38. The van der Waals surface area contributed by atoms with Gasteiger partial charge >= 0.3 is 12.4 Å². The maximum atomic E-state index is 13.7. The molecule has 0 aliphatic rings. The number of halogens is 6. The summed E-state index contributed by atoms with van der Waals surface area (Å²) in [6.45, 7) is 13.8. The van der Waals surface area contributed by atoms with E-state index >= 15 is 0 Å². The zero-order valence-electron chi connectivity index (χ0n) is 24.3. The molecule has 0 saturated carbocycles. The number of rotatable bonds is 5. The summed E-state index contributed by atoms with van der Waals surface area (Å²) >= 11 is 0. The van der Waals surface area contributed by atoms with Gasteiger partial charge in [-0.05, 0) is 103 Å². The molecule has 0 radical (unpaired) electrons. The predicted octanol–water partition coefficient (Wildman–Crippen LogP) is 7.45. The van der Waals surface area contributed by atoms with Gasteiger partial charge in [-0.25, -0.2) is 0 Å². The van der Waals surface area contributed by atoms with Gasteiger partial charge in [0, 0.05) is 27.7 Å². The minimum absolute atomic E-state index is 0.00485. The van der Waals surface area contributed by atoms with E-state index in [0.717, 1.165) is 0 Å². The van der Waals surface area contributed by atoms with Gasteiger partial charge in [0.25, 0.3) is 0 Å². The molecule has 0 aliphatic carbocycles. The van der Waals surface area contributed by atoms with E-state index in [9.17, 15) is 35.9 Å². The molecule has 0 fully saturated rings. The number of carbonyl (C=O) groups is 2. The van der Waals surface area contributed by atoms with Crippen molar-refractivity contribution in [3.05, 3.63) is 59.2 Å². The quantitative estimate of drug-likeness (QED) is 0.307. The van der Waals surface area contributed by atoms with Gasteiger partial charge in [0.05, 0.1) is 16.5 Å². The van der Waals surface area contributed by atoms with Crippen LogP contribution in [0.4, 0.5) is 26.3 Å². The van der Waals surface area contributed by atoms with Crippen molar-refractivity contribution in [2.45, 2.75) is 90.8 Å². The Morgan fingerprint density at radius 1 is 0.683 bits per heavy atom. The summed E-state index contributed by atoms with van der Waals surface area (Å²) in [6, 6.07) is 7.74. The molecule has 0 bridgehead atoms. The third kappa shape index (κ3) is 7.62. The van der Waals surface area contributed by atoms with Crippen LogP contribution in [-0.2, 0) is 33.9 Å². The monoisotopic (exact) mass is 583 g/mol. The van der Waals surface area contributed by atoms with Gasteiger partial charge in [0.1, 0.15) is 6.54 Å². The van der Waals surface area contributed by atoms with Gasteiger partial charge in [-0.15, -0.1) is 0 Å². The Bertz CT molecular complexity index is 1440. The standard InChI is InChI=1S/C30H35F6N3O2/c1-26(2,3)37-24(40)16-39-22-10-9-19(28(7,8)25(41)38-27(4,5)6)11-18(22)14-23(39)17-12-20(29(31,32)33)15-21(13-17)30(34,35)36/h9-15H,16H2,1-8H3,(H,37,40)(H,38,41). The summed E-state index contributed by atoms with van der Waals surface area (Å²) in [6.07, 6.45) is -10.1. The highest BCUT2D eigenvalue weighted by Crippen LogP contribution is 2.40. The van der Waals surface area contributed by atoms with Crippen LogP contribution in [0.1, 0.15) is 72.1 Å². The number of hydrogen-bond donors (Lipinski definition) is 2. The molecule has 1 aromatic heterocycles. The maximum Gasteiger partial charge on any atom is 0.416 e. The zero-order chi connectivity index (χ0) is 31.3. The van der Waals surface area contributed by atoms with Crippen LogP contribution in [0.3, 0.4) is 0 Å². The molecule has 11 heteroatoms. The normalized spacial score (nSPS) is 13.4. The Morgan fingerprint density at radius 2 is 1.20 bits per heavy atom. The van der Waals surface area contributed by atoms with Crippen LogP contribution in [0.15, 0.2) is 42.5 Å². The van der Waals surface area contributed by atoms with E-state index in [2.05, 4.69) is 10.6 Å². The molecule has 0 atom stereocenters. The van der Waals surface area contributed by atoms with Crippen molar-refractivity contribution >= 4 is 22.7 Å². The number of aromatic nitrogens is 1. The largest absolute Gasteiger partial charge is 0.416 e. The third-order valence-electron chi connectivity index (χ3n) is 6.38. The predicted molar refractivity (Wildman–Crippen MR) is 146 cm³/mol. The van der Waals surface area contributed by atoms with Crippen LogP contribution >= 0.6 is 0 Å². The second-order valence-corrected chi connectivity index (χ2v) is 12.8. The van der Waals surface area contributed by atoms with Gasteiger partial charge < -0.3 is 15.2 Å². The van der Waals surface area contributed by atoms with E-state index in [-0.39, 0.29) is 29.8 Å². The fraction of sp³-hybridized carbons (Fsp3) is 0.467. The van der Waals surface area contributed by atoms with E-state index < -0.39 is 45.9 Å². The molecule has 1 heterocycles. The first-order chi connectivity index (χ1) is 18.4. The first-order valence-corrected chi connectivity index (χ1v) is 13.0. The van der Waals surface area contributed by atoms with E-state index in [1.54, 1.807) is 52.8 Å². The Hall–Kier alpha value is -3.50. The second kappa shape index (κ2) is 10.4. The Kier molecular flexibility index (Phi) is 8.12. The highest BCUT2D eigenvalue weighted by molar-refractivity contribution is 5.93. The summed E-state index contributed by atoms with van der Waals surface area (Å²) in [5.74, 6) is -0.741. The average Bonchev–Trinajstić information content (AvgIpc) is 3.12. The molecular weight excluding hydrogens is 548 g/mol.